The molecule has 4 nitrogen and oxygen atoms in total. The molecule has 0 fully saturated rings. The Bertz CT molecular complexity index is 1280. The first kappa shape index (κ1) is 67.5. The van der Waals surface area contributed by atoms with Gasteiger partial charge in [0, 0.05) is 196 Å². The average Bonchev–Trinajstić information content (AvgIpc) is 3.03. The van der Waals surface area contributed by atoms with Crippen LogP contribution in [0.4, 0.5) is 0 Å². The zero-order valence-electron chi connectivity index (χ0n) is 29.2. The van der Waals surface area contributed by atoms with Crippen LogP contribution in [0.2, 0.25) is 0 Å². The predicted octanol–water partition coefficient (Wildman–Crippen LogP) is 9.35. The maximum absolute atomic E-state index is 12.1. The molecular formula is C34H46O4S2Y6-2. The minimum absolute atomic E-state index is 0. The Morgan fingerprint density at radius 1 is 0.348 bits per heavy atom. The molecule has 4 aromatic carbocycles. The summed E-state index contributed by atoms with van der Waals surface area (Å²) >= 11 is 0. The van der Waals surface area contributed by atoms with Crippen LogP contribution in [0.15, 0.2) is 117 Å². The molecule has 0 aliphatic carbocycles. The molecular weight excluding hydrogens is 1070 g/mol. The van der Waals surface area contributed by atoms with E-state index in [9.17, 15) is 16.8 Å². The normalized spacial score (nSPS) is 8.39. The topological polar surface area (TPSA) is 68.3 Å². The van der Waals surface area contributed by atoms with Gasteiger partial charge in [0.15, 0.2) is 19.7 Å². The predicted molar refractivity (Wildman–Crippen MR) is 169 cm³/mol. The maximum atomic E-state index is 12.1. The Balaban J connectivity index is -0.0000000775. The van der Waals surface area contributed by atoms with Crippen molar-refractivity contribution in [3.8, 4) is 0 Å². The summed E-state index contributed by atoms with van der Waals surface area (Å²) in [7, 11) is -6.75. The first-order valence-electron chi connectivity index (χ1n) is 13.8. The van der Waals surface area contributed by atoms with E-state index in [4.69, 9.17) is 0 Å². The Morgan fingerprint density at radius 2 is 0.522 bits per heavy atom. The largest absolute Gasteiger partial charge is 0.221 e. The van der Waals surface area contributed by atoms with Gasteiger partial charge in [-0.3, -0.25) is 0 Å². The SMILES string of the molecule is CC.CC.CC.CC.Cc1ccc(S(=O)(=O)c2cc[c-]cc2)cc1.Cc1ccc(S(=O)(=O)c2cc[c-]cc2)cc1.[Y].[Y].[Y].[Y].[Y].[Y]. The summed E-state index contributed by atoms with van der Waals surface area (Å²) in [5, 5.41) is 0. The molecule has 238 valence electrons. The van der Waals surface area contributed by atoms with E-state index in [1.54, 1.807) is 97.1 Å². The van der Waals surface area contributed by atoms with Crippen LogP contribution in [-0.2, 0) is 216 Å². The van der Waals surface area contributed by atoms with Gasteiger partial charge in [-0.2, -0.15) is 60.7 Å². The van der Waals surface area contributed by atoms with E-state index in [1.165, 1.54) is 0 Å². The molecule has 0 aliphatic heterocycles. The van der Waals surface area contributed by atoms with Crippen LogP contribution in [0.1, 0.15) is 66.5 Å². The van der Waals surface area contributed by atoms with Crippen LogP contribution in [0.3, 0.4) is 0 Å². The number of hydrogen-bond donors (Lipinski definition) is 0. The van der Waals surface area contributed by atoms with Crippen molar-refractivity contribution in [3.63, 3.8) is 0 Å². The fourth-order valence-electron chi connectivity index (χ4n) is 2.81. The Labute approximate surface area is 433 Å². The average molecular weight is 1120 g/mol. The van der Waals surface area contributed by atoms with Crippen molar-refractivity contribution in [3.05, 3.63) is 120 Å². The van der Waals surface area contributed by atoms with Crippen LogP contribution >= 0.6 is 0 Å². The summed E-state index contributed by atoms with van der Waals surface area (Å²) in [5.74, 6) is 0. The second-order valence-corrected chi connectivity index (χ2v) is 11.0. The molecule has 12 heteroatoms. The molecule has 0 aromatic heterocycles. The minimum atomic E-state index is -3.38. The van der Waals surface area contributed by atoms with Crippen LogP contribution in [0, 0.1) is 26.0 Å². The first-order valence-corrected chi connectivity index (χ1v) is 16.7. The van der Waals surface area contributed by atoms with Crippen molar-refractivity contribution in [1.29, 1.82) is 0 Å². The number of benzene rings is 4. The zero-order chi connectivity index (χ0) is 31.2. The molecule has 0 heterocycles. The van der Waals surface area contributed by atoms with Crippen LogP contribution < -0.4 is 0 Å². The summed E-state index contributed by atoms with van der Waals surface area (Å²) < 4.78 is 48.5. The maximum Gasteiger partial charge on any atom is 0.184 e. The van der Waals surface area contributed by atoms with Crippen molar-refractivity contribution in [1.82, 2.24) is 0 Å². The Morgan fingerprint density at radius 3 is 0.717 bits per heavy atom. The fourth-order valence-corrected chi connectivity index (χ4v) is 5.33. The third-order valence-corrected chi connectivity index (χ3v) is 8.23. The molecule has 0 bridgehead atoms. The van der Waals surface area contributed by atoms with E-state index in [0.717, 1.165) is 11.1 Å². The van der Waals surface area contributed by atoms with Crippen LogP contribution in [-0.4, -0.2) is 16.8 Å². The number of aryl methyl sites for hydroxylation is 2. The molecule has 0 amide bonds. The van der Waals surface area contributed by atoms with E-state index in [0.29, 0.717) is 19.6 Å². The minimum Gasteiger partial charge on any atom is -0.221 e. The van der Waals surface area contributed by atoms with Gasteiger partial charge in [-0.15, -0.1) is 0 Å². The van der Waals surface area contributed by atoms with Crippen molar-refractivity contribution in [2.75, 3.05) is 0 Å². The van der Waals surface area contributed by atoms with E-state index < -0.39 is 19.7 Å². The third-order valence-electron chi connectivity index (χ3n) is 4.66. The molecule has 4 rings (SSSR count). The molecule has 0 saturated carbocycles. The van der Waals surface area contributed by atoms with Gasteiger partial charge in [-0.1, -0.05) is 90.8 Å². The summed E-state index contributed by atoms with van der Waals surface area (Å²) in [5.41, 5.74) is 2.08. The van der Waals surface area contributed by atoms with E-state index in [1.807, 2.05) is 69.2 Å². The van der Waals surface area contributed by atoms with Crippen molar-refractivity contribution in [2.24, 2.45) is 0 Å². The Hall–Kier alpha value is 3.40. The second-order valence-electron chi connectivity index (χ2n) is 7.10. The van der Waals surface area contributed by atoms with Gasteiger partial charge in [0.2, 0.25) is 0 Å². The standard InChI is InChI=1S/2C13H11O2S.4C2H6.6Y/c2*1-11-7-9-13(10-8-11)16(14,15)12-5-3-2-4-6-12;4*1-2;;;;;;/h2*3-10H,1H3;4*1-2H3;;;;;;/q2*-1;;;;;;;;;;. The van der Waals surface area contributed by atoms with Gasteiger partial charge >= 0.3 is 0 Å². The summed E-state index contributed by atoms with van der Waals surface area (Å²) in [6, 6.07) is 31.9. The van der Waals surface area contributed by atoms with Crippen LogP contribution in [0.5, 0.6) is 0 Å². The number of sulfone groups is 2. The molecule has 0 N–H and O–H groups in total. The molecule has 0 saturated heterocycles. The monoisotopic (exact) mass is 1120 g/mol. The molecule has 0 atom stereocenters. The molecule has 0 spiro atoms. The zero-order valence-corrected chi connectivity index (χ0v) is 47.8. The van der Waals surface area contributed by atoms with Gasteiger partial charge in [0.1, 0.15) is 0 Å². The van der Waals surface area contributed by atoms with Crippen molar-refractivity contribution in [2.45, 2.75) is 88.8 Å². The van der Waals surface area contributed by atoms with Crippen molar-refractivity contribution < 1.29 is 213 Å². The first-order chi connectivity index (χ1) is 19.2. The fraction of sp³-hybridized carbons (Fsp3) is 0.294. The molecule has 0 aliphatic rings. The van der Waals surface area contributed by atoms with Crippen LogP contribution in [0.25, 0.3) is 0 Å². The molecule has 0 unspecified atom stereocenters. The second kappa shape index (κ2) is 41.2. The van der Waals surface area contributed by atoms with Gasteiger partial charge in [-0.05, 0) is 47.9 Å². The molecule has 46 heavy (non-hydrogen) atoms. The molecule has 4 aromatic rings. The number of rotatable bonds is 4. The van der Waals surface area contributed by atoms with E-state index in [-0.39, 0.29) is 196 Å². The van der Waals surface area contributed by atoms with Gasteiger partial charge in [-0.25, -0.2) is 16.8 Å². The molecule has 6 radical (unpaired) electrons. The summed E-state index contributed by atoms with van der Waals surface area (Å²) in [6.45, 7) is 19.8. The van der Waals surface area contributed by atoms with Gasteiger partial charge in [0.25, 0.3) is 0 Å². The number of hydrogen-bond acceptors (Lipinski definition) is 4. The summed E-state index contributed by atoms with van der Waals surface area (Å²) in [6.07, 6.45) is 0. The third kappa shape index (κ3) is 25.4. The smallest absolute Gasteiger partial charge is 0.184 e. The van der Waals surface area contributed by atoms with E-state index >= 15 is 0 Å². The quantitative estimate of drug-likeness (QED) is 0.191. The van der Waals surface area contributed by atoms with Gasteiger partial charge < -0.3 is 0 Å². The van der Waals surface area contributed by atoms with Crippen molar-refractivity contribution >= 4 is 19.7 Å². The summed E-state index contributed by atoms with van der Waals surface area (Å²) in [4.78, 5) is 1.25. The van der Waals surface area contributed by atoms with E-state index in [2.05, 4.69) is 12.1 Å². The Kier molecular flexibility index (Phi) is 60.4. The van der Waals surface area contributed by atoms with Gasteiger partial charge in [0.05, 0.1) is 9.79 Å².